The molecule has 0 aliphatic carbocycles. The molecule has 0 unspecified atom stereocenters. The third-order valence-electron chi connectivity index (χ3n) is 13.7. The van der Waals surface area contributed by atoms with Crippen LogP contribution in [-0.2, 0) is 0 Å². The van der Waals surface area contributed by atoms with Gasteiger partial charge in [0.1, 0.15) is 0 Å². The smallest absolute Gasteiger partial charge is 0.0541 e. The van der Waals surface area contributed by atoms with E-state index >= 15 is 0 Å². The van der Waals surface area contributed by atoms with Crippen LogP contribution in [0, 0.1) is 0 Å². The van der Waals surface area contributed by atoms with Crippen LogP contribution < -0.4 is 4.90 Å². The highest BCUT2D eigenvalue weighted by Crippen LogP contribution is 2.49. The minimum absolute atomic E-state index is 1.08. The van der Waals surface area contributed by atoms with Crippen molar-refractivity contribution in [2.75, 3.05) is 4.90 Å². The van der Waals surface area contributed by atoms with E-state index in [1.165, 1.54) is 87.5 Å². The number of hydrogen-bond donors (Lipinski definition) is 0. The predicted molar refractivity (Wildman–Crippen MR) is 290 cm³/mol. The Morgan fingerprint density at radius 3 is 1.59 bits per heavy atom. The van der Waals surface area contributed by atoms with Crippen molar-refractivity contribution in [1.82, 2.24) is 4.57 Å². The highest BCUT2D eigenvalue weighted by Gasteiger charge is 2.23. The fourth-order valence-electron chi connectivity index (χ4n) is 10.8. The van der Waals surface area contributed by atoms with E-state index in [0.717, 1.165) is 33.9 Å². The molecule has 0 bridgehead atoms. The van der Waals surface area contributed by atoms with Gasteiger partial charge < -0.3 is 9.47 Å². The Bertz CT molecular complexity index is 4010. The van der Waals surface area contributed by atoms with E-state index in [4.69, 9.17) is 0 Å². The summed E-state index contributed by atoms with van der Waals surface area (Å²) >= 11 is 0. The molecule has 12 aromatic carbocycles. The van der Waals surface area contributed by atoms with Crippen molar-refractivity contribution >= 4 is 71.2 Å². The van der Waals surface area contributed by atoms with Gasteiger partial charge in [-0.05, 0) is 132 Å². The fourth-order valence-corrected chi connectivity index (χ4v) is 10.8. The normalized spacial score (nSPS) is 11.5. The third-order valence-corrected chi connectivity index (χ3v) is 13.7. The Kier molecular flexibility index (Phi) is 9.54. The quantitative estimate of drug-likeness (QED) is 0.138. The van der Waals surface area contributed by atoms with Crippen LogP contribution in [0.4, 0.5) is 17.1 Å². The SMILES string of the molecule is c1ccc(-c2c(-c3ccccc3)c3cc(N(c4cccc(-c5cccc6ccccc56)c4)c4ccccc4-c4ccc5c(c4)c4ccccc4n5-c4ccccc4)ccc3c3ccccc23)cc1. The van der Waals surface area contributed by atoms with Gasteiger partial charge in [0.05, 0.1) is 16.7 Å². The van der Waals surface area contributed by atoms with Gasteiger partial charge in [0.2, 0.25) is 0 Å². The summed E-state index contributed by atoms with van der Waals surface area (Å²) in [6, 6.07) is 97.7. The summed E-state index contributed by atoms with van der Waals surface area (Å²) in [6.45, 7) is 0. The molecule has 0 aliphatic heterocycles. The lowest BCUT2D eigenvalue weighted by molar-refractivity contribution is 1.18. The predicted octanol–water partition coefficient (Wildman–Crippen LogP) is 18.4. The molecule has 13 rings (SSSR count). The highest BCUT2D eigenvalue weighted by molar-refractivity contribution is 6.22. The Morgan fingerprint density at radius 1 is 0.265 bits per heavy atom. The summed E-state index contributed by atoms with van der Waals surface area (Å²) in [7, 11) is 0. The molecule has 1 heterocycles. The molecule has 0 amide bonds. The van der Waals surface area contributed by atoms with Crippen molar-refractivity contribution in [3.8, 4) is 50.2 Å². The van der Waals surface area contributed by atoms with Crippen molar-refractivity contribution in [3.63, 3.8) is 0 Å². The molecule has 13 aromatic rings. The Labute approximate surface area is 395 Å². The lowest BCUT2D eigenvalue weighted by Gasteiger charge is -2.29. The van der Waals surface area contributed by atoms with Crippen molar-refractivity contribution in [1.29, 1.82) is 0 Å². The molecule has 0 saturated carbocycles. The molecular weight excluding hydrogens is 821 g/mol. The van der Waals surface area contributed by atoms with E-state index in [9.17, 15) is 0 Å². The lowest BCUT2D eigenvalue weighted by atomic mass is 9.85. The minimum Gasteiger partial charge on any atom is -0.310 e. The monoisotopic (exact) mass is 864 g/mol. The molecule has 68 heavy (non-hydrogen) atoms. The van der Waals surface area contributed by atoms with Crippen LogP contribution in [-0.4, -0.2) is 4.57 Å². The van der Waals surface area contributed by atoms with Gasteiger partial charge in [-0.1, -0.05) is 206 Å². The summed E-state index contributed by atoms with van der Waals surface area (Å²) in [4.78, 5) is 2.48. The van der Waals surface area contributed by atoms with Crippen LogP contribution in [0.1, 0.15) is 0 Å². The molecule has 0 spiro atoms. The first-order chi connectivity index (χ1) is 33.8. The second kappa shape index (κ2) is 16.5. The number of anilines is 3. The summed E-state index contributed by atoms with van der Waals surface area (Å²) in [6.07, 6.45) is 0. The molecule has 0 N–H and O–H groups in total. The number of aromatic nitrogens is 1. The molecule has 0 fully saturated rings. The van der Waals surface area contributed by atoms with Crippen LogP contribution in [0.3, 0.4) is 0 Å². The lowest BCUT2D eigenvalue weighted by Crippen LogP contribution is -2.11. The van der Waals surface area contributed by atoms with E-state index in [0.29, 0.717) is 0 Å². The highest BCUT2D eigenvalue weighted by atomic mass is 15.1. The maximum absolute atomic E-state index is 2.48. The molecule has 0 atom stereocenters. The number of rotatable bonds is 8. The van der Waals surface area contributed by atoms with E-state index in [1.807, 2.05) is 0 Å². The van der Waals surface area contributed by atoms with Gasteiger partial charge in [0.15, 0.2) is 0 Å². The van der Waals surface area contributed by atoms with Gasteiger partial charge in [-0.15, -0.1) is 0 Å². The average Bonchev–Trinajstić information content (AvgIpc) is 3.75. The zero-order valence-corrected chi connectivity index (χ0v) is 37.3. The van der Waals surface area contributed by atoms with E-state index < -0.39 is 0 Å². The maximum atomic E-state index is 2.48. The fraction of sp³-hybridized carbons (Fsp3) is 0. The number of benzene rings is 12. The summed E-state index contributed by atoms with van der Waals surface area (Å²) in [5, 5.41) is 9.82. The molecular formula is C66H44N2. The van der Waals surface area contributed by atoms with Crippen LogP contribution in [0.5, 0.6) is 0 Å². The Hall–Kier alpha value is -8.98. The first-order valence-electron chi connectivity index (χ1n) is 23.4. The molecule has 2 nitrogen and oxygen atoms in total. The first-order valence-corrected chi connectivity index (χ1v) is 23.4. The molecule has 0 radical (unpaired) electrons. The molecule has 2 heteroatoms. The number of para-hydroxylation sites is 3. The van der Waals surface area contributed by atoms with Gasteiger partial charge in [-0.3, -0.25) is 0 Å². The summed E-state index contributed by atoms with van der Waals surface area (Å²) in [5.74, 6) is 0. The zero-order valence-electron chi connectivity index (χ0n) is 37.3. The number of nitrogens with zero attached hydrogens (tertiary/aromatic N) is 2. The second-order valence-electron chi connectivity index (χ2n) is 17.6. The van der Waals surface area contributed by atoms with Crippen LogP contribution >= 0.6 is 0 Å². The van der Waals surface area contributed by atoms with Gasteiger partial charge in [-0.25, -0.2) is 0 Å². The molecule has 318 valence electrons. The van der Waals surface area contributed by atoms with E-state index in [-0.39, 0.29) is 0 Å². The summed E-state index contributed by atoms with van der Waals surface area (Å²) in [5.41, 5.74) is 16.3. The topological polar surface area (TPSA) is 8.17 Å². The van der Waals surface area contributed by atoms with Gasteiger partial charge in [0.25, 0.3) is 0 Å². The van der Waals surface area contributed by atoms with Crippen molar-refractivity contribution < 1.29 is 0 Å². The molecule has 0 saturated heterocycles. The van der Waals surface area contributed by atoms with Crippen LogP contribution in [0.2, 0.25) is 0 Å². The van der Waals surface area contributed by atoms with Crippen molar-refractivity contribution in [2.45, 2.75) is 0 Å². The largest absolute Gasteiger partial charge is 0.310 e. The van der Waals surface area contributed by atoms with Crippen molar-refractivity contribution in [2.24, 2.45) is 0 Å². The molecule has 0 aliphatic rings. The van der Waals surface area contributed by atoms with Gasteiger partial charge in [-0.2, -0.15) is 0 Å². The Balaban J connectivity index is 1.08. The van der Waals surface area contributed by atoms with Crippen LogP contribution in [0.15, 0.2) is 267 Å². The third kappa shape index (κ3) is 6.57. The van der Waals surface area contributed by atoms with E-state index in [1.54, 1.807) is 0 Å². The number of hydrogen-bond acceptors (Lipinski definition) is 1. The average molecular weight is 865 g/mol. The number of fused-ring (bicyclic) bond motifs is 7. The van der Waals surface area contributed by atoms with E-state index in [2.05, 4.69) is 276 Å². The second-order valence-corrected chi connectivity index (χ2v) is 17.6. The standard InChI is InChI=1S/C66H44N2/c1-4-21-46(22-5-1)65-59-34-13-12-32-56(59)57-40-39-52(44-61(57)66(65)47-23-6-2-7-24-47)67(51-29-18-26-48(42-51)54-35-19-25-45-20-10-11-30-53(45)54)62-36-16-14-31-55(62)49-38-41-64-60(43-49)58-33-15-17-37-63(58)68(64)50-27-8-3-9-28-50/h1-44H. The van der Waals surface area contributed by atoms with Gasteiger partial charge >= 0.3 is 0 Å². The maximum Gasteiger partial charge on any atom is 0.0541 e. The zero-order chi connectivity index (χ0) is 45.0. The molecule has 1 aromatic heterocycles. The first kappa shape index (κ1) is 39.4. The van der Waals surface area contributed by atoms with Crippen molar-refractivity contribution in [3.05, 3.63) is 267 Å². The Morgan fingerprint density at radius 2 is 0.794 bits per heavy atom. The van der Waals surface area contributed by atoms with Gasteiger partial charge in [0, 0.05) is 33.4 Å². The summed E-state index contributed by atoms with van der Waals surface area (Å²) < 4.78 is 2.39. The minimum atomic E-state index is 1.08. The van der Waals surface area contributed by atoms with Crippen LogP contribution in [0.25, 0.3) is 104 Å².